The molecule has 3 N–H and O–H groups in total. The Morgan fingerprint density at radius 3 is 2.16 bits per heavy atom. The van der Waals surface area contributed by atoms with Crippen LogP contribution in [0.15, 0.2) is 40.3 Å². The van der Waals surface area contributed by atoms with Crippen LogP contribution in [-0.4, -0.2) is 50.4 Å². The summed E-state index contributed by atoms with van der Waals surface area (Å²) in [6.07, 6.45) is 7.44. The molecule has 0 unspecified atom stereocenters. The lowest BCUT2D eigenvalue weighted by Crippen LogP contribution is -2.45. The number of unbranched alkanes of at least 4 members (excludes halogenated alkanes) is 1. The van der Waals surface area contributed by atoms with Crippen molar-refractivity contribution >= 4 is 28.0 Å². The number of urea groups is 2. The minimum atomic E-state index is -3.98. The quantitative estimate of drug-likeness (QED) is 0.385. The van der Waals surface area contributed by atoms with Crippen molar-refractivity contribution in [3.05, 3.63) is 41.0 Å². The fourth-order valence-electron chi connectivity index (χ4n) is 4.41. The average Bonchev–Trinajstić information content (AvgIpc) is 3.18. The van der Waals surface area contributed by atoms with Gasteiger partial charge in [-0.1, -0.05) is 52.7 Å². The molecule has 0 saturated heterocycles. The fourth-order valence-corrected chi connectivity index (χ4v) is 5.33. The number of nitrogens with zero attached hydrogens (tertiary/aromatic N) is 1. The van der Waals surface area contributed by atoms with Crippen molar-refractivity contribution in [2.24, 2.45) is 5.92 Å². The van der Waals surface area contributed by atoms with Gasteiger partial charge < -0.3 is 10.6 Å². The van der Waals surface area contributed by atoms with Crippen LogP contribution in [0.5, 0.6) is 0 Å². The Hall–Kier alpha value is -2.88. The third-order valence-electron chi connectivity index (χ3n) is 7.01. The predicted octanol–water partition coefficient (Wildman–Crippen LogP) is 5.62. The third-order valence-corrected chi connectivity index (χ3v) is 8.36. The van der Waals surface area contributed by atoms with Gasteiger partial charge in [-0.05, 0) is 74.6 Å². The van der Waals surface area contributed by atoms with Crippen molar-refractivity contribution in [1.29, 1.82) is 0 Å². The van der Waals surface area contributed by atoms with Gasteiger partial charge in [0, 0.05) is 22.4 Å². The second-order valence-corrected chi connectivity index (χ2v) is 11.8. The first-order valence-corrected chi connectivity index (χ1v) is 15.2. The molecule has 5 amide bonds. The Morgan fingerprint density at radius 1 is 1.03 bits per heavy atom. The van der Waals surface area contributed by atoms with Crippen molar-refractivity contribution in [2.75, 3.05) is 13.1 Å². The Labute approximate surface area is 232 Å². The lowest BCUT2D eigenvalue weighted by molar-refractivity contribution is -0.123. The van der Waals surface area contributed by atoms with Gasteiger partial charge in [-0.3, -0.25) is 9.69 Å². The summed E-state index contributed by atoms with van der Waals surface area (Å²) in [5.41, 5.74) is 2.41. The Bertz CT molecular complexity index is 1100. The second kappa shape index (κ2) is 14.9. The summed E-state index contributed by atoms with van der Waals surface area (Å²) in [6.45, 7) is 10.9. The predicted molar refractivity (Wildman–Crippen MR) is 155 cm³/mol. The summed E-state index contributed by atoms with van der Waals surface area (Å²) < 4.78 is 27.2. The number of sulfonamides is 1. The fraction of sp³-hybridized carbons (Fsp3) is 0.607. The standard InChI is InChI=1S/C24H34N4O5S.C4H10.3H2/c1-4-21-17(3)15-28(22(21)29)24(31)25-14-13-18-7-11-20(12-8-18)34(32,33)27-23(30)26-19-9-5-16(2)6-10-19;1-3-4-2;;;/h7-8,11-12,16,19H,4-6,9-10,13-15H2,1-3H3,(H,25,31)(H2,26,27,30);3-4H2,1-2H3;3*1H. The molecular weight excluding hydrogens is 504 g/mol. The largest absolute Gasteiger partial charge is 0.337 e. The highest BCUT2D eigenvalue weighted by atomic mass is 32.2. The zero-order chi connectivity index (χ0) is 28.3. The average molecular weight is 555 g/mol. The Kier molecular flexibility index (Phi) is 12.3. The molecule has 10 heteroatoms. The van der Waals surface area contributed by atoms with Gasteiger partial charge in [-0.25, -0.2) is 22.7 Å². The van der Waals surface area contributed by atoms with Crippen LogP contribution >= 0.6 is 0 Å². The number of rotatable bonds is 8. The molecular formula is C28H50N4O5S. The zero-order valence-electron chi connectivity index (χ0n) is 23.4. The van der Waals surface area contributed by atoms with Gasteiger partial charge >= 0.3 is 12.1 Å². The van der Waals surface area contributed by atoms with Gasteiger partial charge in [-0.2, -0.15) is 0 Å². The maximum atomic E-state index is 12.5. The Balaban J connectivity index is 0. The van der Waals surface area contributed by atoms with Crippen molar-refractivity contribution in [1.82, 2.24) is 20.3 Å². The second-order valence-electron chi connectivity index (χ2n) is 10.2. The molecule has 0 spiro atoms. The molecule has 1 fully saturated rings. The number of imide groups is 1. The molecule has 0 atom stereocenters. The highest BCUT2D eigenvalue weighted by Crippen LogP contribution is 2.23. The van der Waals surface area contributed by atoms with Gasteiger partial charge in [-0.15, -0.1) is 0 Å². The van der Waals surface area contributed by atoms with Crippen molar-refractivity contribution in [3.63, 3.8) is 0 Å². The van der Waals surface area contributed by atoms with Crippen LogP contribution in [0.4, 0.5) is 9.59 Å². The summed E-state index contributed by atoms with van der Waals surface area (Å²) in [5, 5.41) is 5.49. The van der Waals surface area contributed by atoms with E-state index >= 15 is 0 Å². The van der Waals surface area contributed by atoms with Crippen LogP contribution in [0, 0.1) is 5.92 Å². The molecule has 1 saturated carbocycles. The summed E-state index contributed by atoms with van der Waals surface area (Å²) in [5.74, 6) is 0.385. The summed E-state index contributed by atoms with van der Waals surface area (Å²) in [6, 6.07) is 4.99. The Morgan fingerprint density at radius 2 is 1.63 bits per heavy atom. The molecule has 0 bridgehead atoms. The van der Waals surface area contributed by atoms with Gasteiger partial charge in [0.25, 0.3) is 15.9 Å². The van der Waals surface area contributed by atoms with E-state index in [4.69, 9.17) is 0 Å². The van der Waals surface area contributed by atoms with Crippen LogP contribution < -0.4 is 15.4 Å². The van der Waals surface area contributed by atoms with Crippen molar-refractivity contribution in [2.45, 2.75) is 96.9 Å². The smallest absolute Gasteiger partial charge is 0.328 e. The molecule has 1 heterocycles. The van der Waals surface area contributed by atoms with E-state index in [0.717, 1.165) is 36.8 Å². The molecule has 3 rings (SSSR count). The van der Waals surface area contributed by atoms with Crippen molar-refractivity contribution in [3.8, 4) is 0 Å². The highest BCUT2D eigenvalue weighted by molar-refractivity contribution is 7.90. The van der Waals surface area contributed by atoms with E-state index in [1.807, 2.05) is 13.8 Å². The van der Waals surface area contributed by atoms with E-state index in [1.54, 1.807) is 12.1 Å². The van der Waals surface area contributed by atoms with Crippen molar-refractivity contribution < 1.29 is 27.1 Å². The number of benzene rings is 1. The molecule has 0 aromatic heterocycles. The van der Waals surface area contributed by atoms with E-state index in [2.05, 4.69) is 36.1 Å². The zero-order valence-corrected chi connectivity index (χ0v) is 24.2. The molecule has 9 nitrogen and oxygen atoms in total. The van der Waals surface area contributed by atoms with Gasteiger partial charge in [0.05, 0.1) is 11.4 Å². The third kappa shape index (κ3) is 9.15. The van der Waals surface area contributed by atoms with Crippen LogP contribution in [0.1, 0.15) is 89.4 Å². The van der Waals surface area contributed by atoms with Gasteiger partial charge in [0.1, 0.15) is 0 Å². The van der Waals surface area contributed by atoms with Gasteiger partial charge in [0.15, 0.2) is 0 Å². The molecule has 1 aliphatic carbocycles. The highest BCUT2D eigenvalue weighted by Gasteiger charge is 2.31. The molecule has 1 aromatic carbocycles. The maximum Gasteiger partial charge on any atom is 0.328 e. The lowest BCUT2D eigenvalue weighted by Gasteiger charge is -2.26. The summed E-state index contributed by atoms with van der Waals surface area (Å²) in [7, 11) is -3.98. The molecule has 218 valence electrons. The van der Waals surface area contributed by atoms with Crippen LogP contribution in [0.2, 0.25) is 0 Å². The van der Waals surface area contributed by atoms with Gasteiger partial charge in [0.2, 0.25) is 0 Å². The normalized spacial score (nSPS) is 19.5. The topological polar surface area (TPSA) is 125 Å². The van der Waals surface area contributed by atoms with E-state index in [-0.39, 0.29) is 21.1 Å². The lowest BCUT2D eigenvalue weighted by atomic mass is 9.87. The van der Waals surface area contributed by atoms with E-state index < -0.39 is 22.1 Å². The number of hydrogen-bond acceptors (Lipinski definition) is 5. The molecule has 2 aliphatic rings. The number of amides is 5. The first kappa shape index (κ1) is 31.3. The van der Waals surface area contributed by atoms with E-state index in [1.165, 1.54) is 29.9 Å². The maximum absolute atomic E-state index is 12.5. The van der Waals surface area contributed by atoms with E-state index in [0.29, 0.717) is 37.4 Å². The van der Waals surface area contributed by atoms with Crippen LogP contribution in [0.3, 0.4) is 0 Å². The molecule has 38 heavy (non-hydrogen) atoms. The number of carbonyl (C=O) groups excluding carboxylic acids is 3. The van der Waals surface area contributed by atoms with Crippen LogP contribution in [-0.2, 0) is 21.2 Å². The minimum absolute atomic E-state index is 0. The summed E-state index contributed by atoms with van der Waals surface area (Å²) in [4.78, 5) is 38.0. The van der Waals surface area contributed by atoms with Crippen LogP contribution in [0.25, 0.3) is 0 Å². The molecule has 1 aromatic rings. The summed E-state index contributed by atoms with van der Waals surface area (Å²) >= 11 is 0. The number of nitrogens with one attached hydrogen (secondary N) is 3. The first-order chi connectivity index (χ1) is 18.0. The van der Waals surface area contributed by atoms with E-state index in [9.17, 15) is 22.8 Å². The minimum Gasteiger partial charge on any atom is -0.337 e. The monoisotopic (exact) mass is 554 g/mol. The SMILES string of the molecule is CCC1=C(C)CN(C(=O)NCCc2ccc(S(=O)(=O)NC(=O)NC3CCC(C)CC3)cc2)C1=O.CCCC.[HH].[HH].[HH]. The number of carbonyl (C=O) groups is 3. The first-order valence-electron chi connectivity index (χ1n) is 13.7. The molecule has 0 radical (unpaired) electrons. The molecule has 1 aliphatic heterocycles. The number of hydrogen-bond donors (Lipinski definition) is 3.